The highest BCUT2D eigenvalue weighted by atomic mass is 32.1. The van der Waals surface area contributed by atoms with Gasteiger partial charge in [0.15, 0.2) is 5.01 Å². The van der Waals surface area contributed by atoms with Crippen molar-refractivity contribution in [1.82, 2.24) is 10.3 Å². The van der Waals surface area contributed by atoms with Crippen LogP contribution >= 0.6 is 11.3 Å². The van der Waals surface area contributed by atoms with Crippen LogP contribution in [0.5, 0.6) is 0 Å². The molecule has 112 valence electrons. The molecule has 3 unspecified atom stereocenters. The van der Waals surface area contributed by atoms with Gasteiger partial charge in [-0.15, -0.1) is 11.3 Å². The average molecular weight is 304 g/mol. The minimum Gasteiger partial charge on any atom is -0.309 e. The lowest BCUT2D eigenvalue weighted by molar-refractivity contribution is -0.137. The van der Waals surface area contributed by atoms with Crippen molar-refractivity contribution < 1.29 is 13.2 Å². The van der Waals surface area contributed by atoms with Crippen LogP contribution < -0.4 is 5.32 Å². The predicted molar refractivity (Wildman–Crippen MR) is 72.5 cm³/mol. The topological polar surface area (TPSA) is 24.9 Å². The zero-order chi connectivity index (χ0) is 14.3. The zero-order valence-electron chi connectivity index (χ0n) is 11.4. The number of nitrogens with zero attached hydrogens (tertiary/aromatic N) is 1. The second-order valence-corrected chi connectivity index (χ2v) is 6.85. The van der Waals surface area contributed by atoms with Crippen molar-refractivity contribution in [2.75, 3.05) is 6.54 Å². The first-order valence-electron chi connectivity index (χ1n) is 7.28. The number of halogens is 3. The van der Waals surface area contributed by atoms with Crippen molar-refractivity contribution in [3.05, 3.63) is 16.1 Å². The van der Waals surface area contributed by atoms with Crippen LogP contribution in [0.2, 0.25) is 0 Å². The first kappa shape index (κ1) is 14.3. The molecule has 0 aromatic carbocycles. The number of thiazole rings is 1. The second-order valence-electron chi connectivity index (χ2n) is 5.79. The van der Waals surface area contributed by atoms with Crippen LogP contribution in [-0.4, -0.2) is 11.5 Å². The number of hydrogen-bond donors (Lipinski definition) is 1. The number of hydrogen-bond acceptors (Lipinski definition) is 3. The zero-order valence-corrected chi connectivity index (χ0v) is 12.2. The summed E-state index contributed by atoms with van der Waals surface area (Å²) in [4.78, 5) is 4.32. The van der Waals surface area contributed by atoms with Crippen molar-refractivity contribution in [1.29, 1.82) is 0 Å². The monoisotopic (exact) mass is 304 g/mol. The molecule has 1 N–H and O–H groups in total. The van der Waals surface area contributed by atoms with E-state index >= 15 is 0 Å². The van der Waals surface area contributed by atoms with Gasteiger partial charge in [0.25, 0.3) is 0 Å². The molecule has 0 bridgehead atoms. The second kappa shape index (κ2) is 5.30. The summed E-state index contributed by atoms with van der Waals surface area (Å²) in [5.41, 5.74) is 0. The summed E-state index contributed by atoms with van der Waals surface area (Å²) in [6, 6.07) is 0.0571. The minimum absolute atomic E-state index is 0.0571. The maximum Gasteiger partial charge on any atom is 0.443 e. The lowest BCUT2D eigenvalue weighted by Crippen LogP contribution is -2.23. The van der Waals surface area contributed by atoms with E-state index in [0.29, 0.717) is 17.8 Å². The number of rotatable bonds is 4. The number of aromatic nitrogens is 1. The highest BCUT2D eigenvalue weighted by Crippen LogP contribution is 2.60. The number of nitrogens with one attached hydrogen (secondary N) is 1. The quantitative estimate of drug-likeness (QED) is 0.899. The van der Waals surface area contributed by atoms with E-state index < -0.39 is 11.2 Å². The molecule has 0 aliphatic heterocycles. The van der Waals surface area contributed by atoms with Crippen LogP contribution in [0.25, 0.3) is 0 Å². The molecule has 2 saturated carbocycles. The minimum atomic E-state index is -4.32. The predicted octanol–water partition coefficient (Wildman–Crippen LogP) is 4.25. The normalized spacial score (nSPS) is 30.9. The SMILES string of the molecule is CCNC(c1cnc(C(F)(F)F)s1)C1C2CCCCC21. The Bertz CT molecular complexity index is 459. The fraction of sp³-hybridized carbons (Fsp3) is 0.786. The maximum absolute atomic E-state index is 12.7. The Morgan fingerprint density at radius 2 is 2.00 bits per heavy atom. The molecule has 0 spiro atoms. The average Bonchev–Trinajstić information content (AvgIpc) is 2.88. The maximum atomic E-state index is 12.7. The molecule has 2 aliphatic rings. The molecular weight excluding hydrogens is 285 g/mol. The molecule has 0 saturated heterocycles. The third-order valence-corrected chi connectivity index (χ3v) is 5.73. The van der Waals surface area contributed by atoms with Crippen molar-refractivity contribution >= 4 is 11.3 Å². The molecule has 1 heterocycles. The Kier molecular flexibility index (Phi) is 3.79. The summed E-state index contributed by atoms with van der Waals surface area (Å²) in [5.74, 6) is 1.94. The summed E-state index contributed by atoms with van der Waals surface area (Å²) < 4.78 is 38.1. The molecule has 2 aliphatic carbocycles. The van der Waals surface area contributed by atoms with E-state index in [9.17, 15) is 13.2 Å². The molecule has 0 amide bonds. The number of fused-ring (bicyclic) bond motifs is 1. The molecule has 0 radical (unpaired) electrons. The van der Waals surface area contributed by atoms with Crippen LogP contribution in [0, 0.1) is 17.8 Å². The van der Waals surface area contributed by atoms with Crippen LogP contribution in [-0.2, 0) is 6.18 Å². The standard InChI is InChI=1S/C14H19F3N2S/c1-2-18-12(11-8-5-3-4-6-9(8)11)10-7-19-13(20-10)14(15,16)17/h7-9,11-12,18H,2-6H2,1H3. The van der Waals surface area contributed by atoms with Gasteiger partial charge in [-0.05, 0) is 37.1 Å². The van der Waals surface area contributed by atoms with Crippen molar-refractivity contribution in [3.8, 4) is 0 Å². The van der Waals surface area contributed by atoms with Crippen LogP contribution in [0.3, 0.4) is 0 Å². The van der Waals surface area contributed by atoms with Crippen molar-refractivity contribution in [3.63, 3.8) is 0 Å². The van der Waals surface area contributed by atoms with Crippen LogP contribution in [0.1, 0.15) is 48.5 Å². The number of alkyl halides is 3. The van der Waals surface area contributed by atoms with Gasteiger partial charge in [-0.25, -0.2) is 4.98 Å². The fourth-order valence-corrected chi connectivity index (χ4v) is 4.67. The molecule has 2 nitrogen and oxygen atoms in total. The molecule has 1 aromatic rings. The Morgan fingerprint density at radius 1 is 1.35 bits per heavy atom. The van der Waals surface area contributed by atoms with Gasteiger partial charge in [-0.1, -0.05) is 19.8 Å². The van der Waals surface area contributed by atoms with Gasteiger partial charge < -0.3 is 5.32 Å². The van der Waals surface area contributed by atoms with E-state index in [1.54, 1.807) is 0 Å². The highest BCUT2D eigenvalue weighted by Gasteiger charge is 2.54. The molecule has 2 fully saturated rings. The van der Waals surface area contributed by atoms with Crippen molar-refractivity contribution in [2.24, 2.45) is 17.8 Å². The van der Waals surface area contributed by atoms with Gasteiger partial charge in [0.2, 0.25) is 0 Å². The molecule has 1 aromatic heterocycles. The smallest absolute Gasteiger partial charge is 0.309 e. The fourth-order valence-electron chi connectivity index (χ4n) is 3.75. The Balaban J connectivity index is 1.79. The van der Waals surface area contributed by atoms with Crippen LogP contribution in [0.4, 0.5) is 13.2 Å². The summed E-state index contributed by atoms with van der Waals surface area (Å²) in [5, 5.41) is 2.66. The first-order valence-corrected chi connectivity index (χ1v) is 8.10. The van der Waals surface area contributed by atoms with E-state index in [1.165, 1.54) is 31.9 Å². The summed E-state index contributed by atoms with van der Waals surface area (Å²) in [7, 11) is 0. The molecule has 3 rings (SSSR count). The summed E-state index contributed by atoms with van der Waals surface area (Å²) in [6.45, 7) is 2.78. The van der Waals surface area contributed by atoms with Crippen LogP contribution in [0.15, 0.2) is 6.20 Å². The first-order chi connectivity index (χ1) is 9.52. The van der Waals surface area contributed by atoms with Gasteiger partial charge in [0.05, 0.1) is 0 Å². The Morgan fingerprint density at radius 3 is 2.50 bits per heavy atom. The highest BCUT2D eigenvalue weighted by molar-refractivity contribution is 7.11. The van der Waals surface area contributed by atoms with Crippen molar-refractivity contribution in [2.45, 2.75) is 44.8 Å². The molecule has 20 heavy (non-hydrogen) atoms. The lowest BCUT2D eigenvalue weighted by Gasteiger charge is -2.16. The van der Waals surface area contributed by atoms with E-state index in [1.807, 2.05) is 6.92 Å². The molecule has 3 atom stereocenters. The Labute approximate surface area is 120 Å². The van der Waals surface area contributed by atoms with Gasteiger partial charge >= 0.3 is 6.18 Å². The third kappa shape index (κ3) is 2.60. The van der Waals surface area contributed by atoms with E-state index in [2.05, 4.69) is 10.3 Å². The lowest BCUT2D eigenvalue weighted by atomic mass is 10.0. The summed E-state index contributed by atoms with van der Waals surface area (Å²) >= 11 is 0.803. The van der Waals surface area contributed by atoms with E-state index in [0.717, 1.165) is 22.8 Å². The third-order valence-electron chi connectivity index (χ3n) is 4.60. The van der Waals surface area contributed by atoms with E-state index in [-0.39, 0.29) is 6.04 Å². The summed E-state index contributed by atoms with van der Waals surface area (Å²) in [6.07, 6.45) is 2.12. The molecular formula is C14H19F3N2S. The largest absolute Gasteiger partial charge is 0.443 e. The van der Waals surface area contributed by atoms with Gasteiger partial charge in [-0.2, -0.15) is 13.2 Å². The van der Waals surface area contributed by atoms with Gasteiger partial charge in [0, 0.05) is 17.1 Å². The van der Waals surface area contributed by atoms with Gasteiger partial charge in [-0.3, -0.25) is 0 Å². The van der Waals surface area contributed by atoms with Gasteiger partial charge in [0.1, 0.15) is 0 Å². The van der Waals surface area contributed by atoms with E-state index in [4.69, 9.17) is 0 Å². The molecule has 6 heteroatoms. The Hall–Kier alpha value is -0.620.